The van der Waals surface area contributed by atoms with E-state index in [4.69, 9.17) is 4.74 Å². The molecule has 1 aliphatic carbocycles. The number of piperazine rings is 1. The van der Waals surface area contributed by atoms with Gasteiger partial charge in [-0.25, -0.2) is 18.4 Å². The van der Waals surface area contributed by atoms with E-state index < -0.39 is 29.1 Å². The van der Waals surface area contributed by atoms with Crippen molar-refractivity contribution in [2.75, 3.05) is 47.4 Å². The van der Waals surface area contributed by atoms with Crippen LogP contribution in [0.1, 0.15) is 56.4 Å². The molecule has 0 unspecified atom stereocenters. The second-order valence-corrected chi connectivity index (χ2v) is 12.6. The molecule has 0 bridgehead atoms. The van der Waals surface area contributed by atoms with Crippen molar-refractivity contribution in [2.45, 2.75) is 52.2 Å². The molecule has 3 fully saturated rings. The zero-order valence-electron chi connectivity index (χ0n) is 23.9. The minimum atomic E-state index is -1.33. The van der Waals surface area contributed by atoms with Gasteiger partial charge in [0.25, 0.3) is 0 Å². The fourth-order valence-electron chi connectivity index (χ4n) is 6.04. The molecule has 3 heterocycles. The number of amides is 1. The van der Waals surface area contributed by atoms with Crippen molar-refractivity contribution >= 4 is 40.0 Å². The predicted octanol–water partition coefficient (Wildman–Crippen LogP) is 5.40. The highest BCUT2D eigenvalue weighted by Crippen LogP contribution is 2.38. The number of anilines is 3. The van der Waals surface area contributed by atoms with Crippen molar-refractivity contribution in [3.8, 4) is 0 Å². The van der Waals surface area contributed by atoms with Crippen molar-refractivity contribution in [2.24, 2.45) is 5.41 Å². The quantitative estimate of drug-likeness (QED) is 0.417. The van der Waals surface area contributed by atoms with E-state index in [-0.39, 0.29) is 28.5 Å². The number of carboxylic acids is 1. The van der Waals surface area contributed by atoms with Crippen LogP contribution in [0.25, 0.3) is 10.9 Å². The number of hydrogen-bond acceptors (Lipinski definition) is 6. The summed E-state index contributed by atoms with van der Waals surface area (Å²) in [6, 6.07) is 7.58. The number of carbonyl (C=O) groups is 2. The topological polar surface area (TPSA) is 95.3 Å². The Balaban J connectivity index is 1.19. The number of halogens is 2. The Bertz CT molecular complexity index is 1640. The smallest absolute Gasteiger partial charge is 0.414 e. The first-order valence-electron chi connectivity index (χ1n) is 14.3. The molecule has 2 aromatic carbocycles. The van der Waals surface area contributed by atoms with E-state index in [0.29, 0.717) is 61.7 Å². The molecule has 6 rings (SSSR count). The predicted molar refractivity (Wildman–Crippen MR) is 156 cm³/mol. The summed E-state index contributed by atoms with van der Waals surface area (Å²) >= 11 is 0. The number of rotatable bonds is 6. The average molecular weight is 581 g/mol. The highest BCUT2D eigenvalue weighted by Gasteiger charge is 2.35. The van der Waals surface area contributed by atoms with Crippen molar-refractivity contribution in [1.82, 2.24) is 4.57 Å². The maximum Gasteiger partial charge on any atom is 0.414 e. The number of nitrogens with zero attached hydrogens (tertiary/aromatic N) is 4. The summed E-state index contributed by atoms with van der Waals surface area (Å²) in [4.78, 5) is 42.1. The van der Waals surface area contributed by atoms with Gasteiger partial charge in [0.15, 0.2) is 0 Å². The lowest BCUT2D eigenvalue weighted by Gasteiger charge is -2.37. The number of cyclic esters (lactones) is 1. The van der Waals surface area contributed by atoms with Gasteiger partial charge in [-0.1, -0.05) is 20.8 Å². The molecule has 1 aromatic heterocycles. The Morgan fingerprint density at radius 3 is 2.21 bits per heavy atom. The lowest BCUT2D eigenvalue weighted by molar-refractivity contribution is 0.0694. The van der Waals surface area contributed by atoms with Crippen molar-refractivity contribution in [1.29, 1.82) is 0 Å². The maximum absolute atomic E-state index is 15.3. The molecule has 3 aromatic rings. The molecule has 3 aliphatic rings. The molecule has 0 spiro atoms. The Labute approximate surface area is 241 Å². The normalized spacial score (nSPS) is 19.5. The Morgan fingerprint density at radius 2 is 1.62 bits per heavy atom. The molecule has 2 saturated heterocycles. The van der Waals surface area contributed by atoms with Crippen LogP contribution in [-0.2, 0) is 4.74 Å². The third-order valence-electron chi connectivity index (χ3n) is 8.19. The van der Waals surface area contributed by atoms with Crippen LogP contribution in [0.4, 0.5) is 30.6 Å². The summed E-state index contributed by atoms with van der Waals surface area (Å²) in [7, 11) is 0. The summed E-state index contributed by atoms with van der Waals surface area (Å²) in [5, 5.41) is 9.53. The van der Waals surface area contributed by atoms with Crippen LogP contribution in [0, 0.1) is 17.0 Å². The Hall–Kier alpha value is -4.15. The fourth-order valence-corrected chi connectivity index (χ4v) is 6.04. The summed E-state index contributed by atoms with van der Waals surface area (Å²) in [6.07, 6.45) is 3.08. The molecule has 1 amide bonds. The first kappa shape index (κ1) is 28.0. The summed E-state index contributed by atoms with van der Waals surface area (Å²) in [5.74, 6) is -2.38. The number of pyridine rings is 1. The van der Waals surface area contributed by atoms with Gasteiger partial charge in [0.2, 0.25) is 5.43 Å². The van der Waals surface area contributed by atoms with Gasteiger partial charge in [0, 0.05) is 43.8 Å². The molecule has 2 aliphatic heterocycles. The van der Waals surface area contributed by atoms with Crippen LogP contribution in [0.15, 0.2) is 41.3 Å². The third kappa shape index (κ3) is 5.28. The molecule has 42 heavy (non-hydrogen) atoms. The number of carbonyl (C=O) groups excluding carboxylic acids is 1. The average Bonchev–Trinajstić information content (AvgIpc) is 3.70. The standard InChI is InChI=1S/C31H34F2N4O5/c1-31(2,3)15-20-16-37(30(41)42-20)19-6-7-25(23(32)12-19)34-8-10-35(11-9-34)27-14-26-21(13-24(27)33)28(38)22(29(39)40)17-36(26)18-4-5-18/h6-7,12-14,17-18,20H,4-5,8-11,15-16H2,1-3H3,(H,39,40)/t20-/m1/s1. The van der Waals surface area contributed by atoms with E-state index >= 15 is 8.78 Å². The van der Waals surface area contributed by atoms with Crippen molar-refractivity contribution in [3.05, 3.63) is 63.9 Å². The van der Waals surface area contributed by atoms with Crippen LogP contribution < -0.4 is 20.1 Å². The highest BCUT2D eigenvalue weighted by molar-refractivity contribution is 5.94. The van der Waals surface area contributed by atoms with Crippen LogP contribution in [0.5, 0.6) is 0 Å². The maximum atomic E-state index is 15.3. The van der Waals surface area contributed by atoms with Gasteiger partial charge >= 0.3 is 12.1 Å². The minimum Gasteiger partial charge on any atom is -0.477 e. The van der Waals surface area contributed by atoms with Crippen molar-refractivity contribution in [3.63, 3.8) is 0 Å². The first-order valence-corrected chi connectivity index (χ1v) is 14.3. The van der Waals surface area contributed by atoms with Gasteiger partial charge in [-0.2, -0.15) is 0 Å². The number of aromatic nitrogens is 1. The van der Waals surface area contributed by atoms with E-state index in [1.165, 1.54) is 17.2 Å². The molecule has 1 N–H and O–H groups in total. The van der Waals surface area contributed by atoms with E-state index in [2.05, 4.69) is 20.8 Å². The second kappa shape index (κ2) is 10.3. The van der Waals surface area contributed by atoms with Gasteiger partial charge in [-0.05, 0) is 55.0 Å². The molecular weight excluding hydrogens is 546 g/mol. The molecular formula is C31H34F2N4O5. The summed E-state index contributed by atoms with van der Waals surface area (Å²) in [5.41, 5.74) is 0.618. The molecule has 1 saturated carbocycles. The van der Waals surface area contributed by atoms with Gasteiger partial charge in [-0.3, -0.25) is 9.69 Å². The number of aromatic carboxylic acids is 1. The Kier molecular flexibility index (Phi) is 6.86. The minimum absolute atomic E-state index is 0.00478. The van der Waals surface area contributed by atoms with Crippen LogP contribution in [0.3, 0.4) is 0 Å². The monoisotopic (exact) mass is 580 g/mol. The fraction of sp³-hybridized carbons (Fsp3) is 0.452. The molecule has 0 radical (unpaired) electrons. The first-order chi connectivity index (χ1) is 19.9. The summed E-state index contributed by atoms with van der Waals surface area (Å²) < 4.78 is 37.9. The lowest BCUT2D eigenvalue weighted by Crippen LogP contribution is -2.47. The van der Waals surface area contributed by atoms with Gasteiger partial charge < -0.3 is 24.2 Å². The van der Waals surface area contributed by atoms with Crippen LogP contribution in [-0.4, -0.2) is 60.6 Å². The zero-order valence-corrected chi connectivity index (χ0v) is 23.9. The van der Waals surface area contributed by atoms with E-state index in [9.17, 15) is 19.5 Å². The number of fused-ring (bicyclic) bond motifs is 1. The van der Waals surface area contributed by atoms with E-state index in [0.717, 1.165) is 18.9 Å². The van der Waals surface area contributed by atoms with Crippen LogP contribution in [0.2, 0.25) is 0 Å². The molecule has 222 valence electrons. The molecule has 1 atom stereocenters. The van der Waals surface area contributed by atoms with E-state index in [1.54, 1.807) is 22.8 Å². The largest absolute Gasteiger partial charge is 0.477 e. The van der Waals surface area contributed by atoms with Crippen molar-refractivity contribution < 1.29 is 28.2 Å². The summed E-state index contributed by atoms with van der Waals surface area (Å²) in [6.45, 7) is 8.30. The van der Waals surface area contributed by atoms with Crippen LogP contribution >= 0.6 is 0 Å². The third-order valence-corrected chi connectivity index (χ3v) is 8.19. The number of benzene rings is 2. The molecule has 9 nitrogen and oxygen atoms in total. The van der Waals surface area contributed by atoms with E-state index in [1.807, 2.05) is 9.80 Å². The SMILES string of the molecule is CC(C)(C)C[C@@H]1CN(c2ccc(N3CCN(c4cc5c(cc4F)c(=O)c(C(=O)O)cn5C4CC4)CC3)c(F)c2)C(=O)O1. The van der Waals surface area contributed by atoms with Gasteiger partial charge in [-0.15, -0.1) is 0 Å². The lowest BCUT2D eigenvalue weighted by atomic mass is 9.89. The zero-order chi connectivity index (χ0) is 29.9. The second-order valence-electron chi connectivity index (χ2n) is 12.6. The number of hydrogen-bond donors (Lipinski definition) is 1. The van der Waals surface area contributed by atoms with Gasteiger partial charge in [0.1, 0.15) is 23.3 Å². The number of ether oxygens (including phenoxy) is 1. The van der Waals surface area contributed by atoms with Gasteiger partial charge in [0.05, 0.1) is 29.1 Å². The Morgan fingerprint density at radius 1 is 0.976 bits per heavy atom. The number of carboxylic acid groups (broad SMARTS) is 1. The highest BCUT2D eigenvalue weighted by atomic mass is 19.1. The molecule has 11 heteroatoms.